The van der Waals surface area contributed by atoms with Crippen LogP contribution in [-0.4, -0.2) is 43.0 Å². The predicted octanol–water partition coefficient (Wildman–Crippen LogP) is 3.03. The Morgan fingerprint density at radius 3 is 2.15 bits per heavy atom. The van der Waals surface area contributed by atoms with E-state index in [1.807, 2.05) is 61.7 Å². The Balaban J connectivity index is 1.69. The van der Waals surface area contributed by atoms with E-state index in [2.05, 4.69) is 10.7 Å². The van der Waals surface area contributed by atoms with E-state index in [0.29, 0.717) is 17.1 Å². The van der Waals surface area contributed by atoms with Crippen molar-refractivity contribution in [2.45, 2.75) is 19.0 Å². The predicted molar refractivity (Wildman–Crippen MR) is 125 cm³/mol. The van der Waals surface area contributed by atoms with Gasteiger partial charge in [-0.05, 0) is 67.1 Å². The van der Waals surface area contributed by atoms with Crippen molar-refractivity contribution in [2.75, 3.05) is 14.2 Å². The first-order valence-electron chi connectivity index (χ1n) is 10.6. The van der Waals surface area contributed by atoms with Crippen molar-refractivity contribution in [3.8, 4) is 11.5 Å². The second-order valence-electron chi connectivity index (χ2n) is 7.77. The number of hydrazone groups is 1. The van der Waals surface area contributed by atoms with Gasteiger partial charge in [0.1, 0.15) is 11.5 Å². The second kappa shape index (κ2) is 9.56. The summed E-state index contributed by atoms with van der Waals surface area (Å²) in [5, 5.41) is 2.91. The fourth-order valence-corrected chi connectivity index (χ4v) is 3.83. The summed E-state index contributed by atoms with van der Waals surface area (Å²) in [6, 6.07) is 20.9. The number of carbonyl (C=O) groups excluding carboxylic acids is 2. The number of hydrogen-bond acceptors (Lipinski definition) is 4. The topological polar surface area (TPSA) is 79.7 Å². The third kappa shape index (κ3) is 4.72. The molecule has 1 heterocycles. The van der Waals surface area contributed by atoms with E-state index in [9.17, 15) is 9.59 Å². The molecule has 0 aliphatic carbocycles. The van der Waals surface area contributed by atoms with Gasteiger partial charge < -0.3 is 14.8 Å². The van der Waals surface area contributed by atoms with Gasteiger partial charge in [0.2, 0.25) is 12.3 Å². The Kier molecular flexibility index (Phi) is 6.40. The van der Waals surface area contributed by atoms with Crippen LogP contribution in [-0.2, 0) is 4.79 Å². The lowest BCUT2D eigenvalue weighted by molar-refractivity contribution is -0.596. The van der Waals surface area contributed by atoms with Gasteiger partial charge in [0.25, 0.3) is 5.91 Å². The van der Waals surface area contributed by atoms with E-state index < -0.39 is 12.1 Å². The van der Waals surface area contributed by atoms with Gasteiger partial charge >= 0.3 is 5.91 Å². The van der Waals surface area contributed by atoms with Gasteiger partial charge in [0.05, 0.1) is 14.2 Å². The molecule has 1 aliphatic heterocycles. The SMILES string of the molecule is COc1ccc(C(=O)N[C@@H]2C(=O)N/[N+](=C\c3ccccc3C)[C@@H]2c2ccc(OC)cc2)cc1. The maximum atomic E-state index is 13.0. The fourth-order valence-electron chi connectivity index (χ4n) is 3.83. The number of nitrogens with zero attached hydrogens (tertiary/aromatic N) is 1. The summed E-state index contributed by atoms with van der Waals surface area (Å²) in [4.78, 5) is 26.0. The molecule has 0 spiro atoms. The lowest BCUT2D eigenvalue weighted by Crippen LogP contribution is -2.42. The highest BCUT2D eigenvalue weighted by Gasteiger charge is 2.47. The van der Waals surface area contributed by atoms with Crippen molar-refractivity contribution in [3.63, 3.8) is 0 Å². The summed E-state index contributed by atoms with van der Waals surface area (Å²) in [6.45, 7) is 2.01. The third-order valence-corrected chi connectivity index (χ3v) is 5.70. The lowest BCUT2D eigenvalue weighted by atomic mass is 9.99. The minimum Gasteiger partial charge on any atom is -0.497 e. The molecule has 2 amide bonds. The molecule has 0 saturated carbocycles. The quantitative estimate of drug-likeness (QED) is 0.573. The summed E-state index contributed by atoms with van der Waals surface area (Å²) < 4.78 is 12.2. The van der Waals surface area contributed by atoms with Gasteiger partial charge in [-0.1, -0.05) is 18.2 Å². The Labute approximate surface area is 192 Å². The molecule has 2 N–H and O–H groups in total. The molecule has 0 aromatic heterocycles. The highest BCUT2D eigenvalue weighted by molar-refractivity contribution is 5.98. The monoisotopic (exact) mass is 444 g/mol. The molecule has 3 aromatic rings. The Morgan fingerprint density at radius 1 is 0.939 bits per heavy atom. The molecule has 1 aliphatic rings. The molecule has 1 fully saturated rings. The minimum absolute atomic E-state index is 0.289. The van der Waals surface area contributed by atoms with E-state index in [0.717, 1.165) is 16.7 Å². The molecule has 7 nitrogen and oxygen atoms in total. The van der Waals surface area contributed by atoms with Crippen molar-refractivity contribution < 1.29 is 23.7 Å². The highest BCUT2D eigenvalue weighted by atomic mass is 16.5. The van der Waals surface area contributed by atoms with Crippen molar-refractivity contribution in [2.24, 2.45) is 0 Å². The normalized spacial score (nSPS) is 18.6. The third-order valence-electron chi connectivity index (χ3n) is 5.70. The zero-order chi connectivity index (χ0) is 23.4. The summed E-state index contributed by atoms with van der Waals surface area (Å²) in [5.74, 6) is 0.737. The first-order valence-corrected chi connectivity index (χ1v) is 10.6. The number of rotatable bonds is 6. The number of hydrogen-bond donors (Lipinski definition) is 2. The Hall–Kier alpha value is -4.13. The first-order chi connectivity index (χ1) is 16.0. The van der Waals surface area contributed by atoms with E-state index in [1.165, 1.54) is 0 Å². The molecule has 0 radical (unpaired) electrons. The molecule has 168 valence electrons. The van der Waals surface area contributed by atoms with Crippen LogP contribution in [0.3, 0.4) is 0 Å². The van der Waals surface area contributed by atoms with Crippen LogP contribution in [0.2, 0.25) is 0 Å². The lowest BCUT2D eigenvalue weighted by Gasteiger charge is -2.15. The zero-order valence-electron chi connectivity index (χ0n) is 18.7. The smallest absolute Gasteiger partial charge is 0.304 e. The van der Waals surface area contributed by atoms with Gasteiger partial charge in [0, 0.05) is 16.7 Å². The molecule has 1 saturated heterocycles. The molecule has 3 aromatic carbocycles. The molecule has 4 rings (SSSR count). The number of ether oxygens (including phenoxy) is 2. The summed E-state index contributed by atoms with van der Waals surface area (Å²) in [6.07, 6.45) is 1.89. The van der Waals surface area contributed by atoms with Crippen LogP contribution in [0.25, 0.3) is 0 Å². The molecular weight excluding hydrogens is 418 g/mol. The van der Waals surface area contributed by atoms with Crippen LogP contribution < -0.4 is 20.2 Å². The maximum absolute atomic E-state index is 13.0. The van der Waals surface area contributed by atoms with E-state index in [-0.39, 0.29) is 11.8 Å². The number of carbonyl (C=O) groups is 2. The van der Waals surface area contributed by atoms with Crippen LogP contribution in [0.15, 0.2) is 72.8 Å². The van der Waals surface area contributed by atoms with Crippen LogP contribution >= 0.6 is 0 Å². The van der Waals surface area contributed by atoms with E-state index in [1.54, 1.807) is 43.2 Å². The highest BCUT2D eigenvalue weighted by Crippen LogP contribution is 2.27. The minimum atomic E-state index is -0.798. The second-order valence-corrected chi connectivity index (χ2v) is 7.77. The van der Waals surface area contributed by atoms with Crippen molar-refractivity contribution in [1.29, 1.82) is 0 Å². The van der Waals surface area contributed by atoms with Gasteiger partial charge in [0.15, 0.2) is 6.04 Å². The van der Waals surface area contributed by atoms with Gasteiger partial charge in [-0.15, -0.1) is 10.1 Å². The molecule has 0 unspecified atom stereocenters. The van der Waals surface area contributed by atoms with Crippen LogP contribution in [0.5, 0.6) is 11.5 Å². The molecular formula is C26H26N3O4+. The number of benzene rings is 3. The zero-order valence-corrected chi connectivity index (χ0v) is 18.7. The van der Waals surface area contributed by atoms with E-state index in [4.69, 9.17) is 9.47 Å². The number of hydrazine groups is 1. The molecule has 33 heavy (non-hydrogen) atoms. The van der Waals surface area contributed by atoms with Gasteiger partial charge in [-0.3, -0.25) is 9.59 Å². The van der Waals surface area contributed by atoms with Gasteiger partial charge in [-0.25, -0.2) is 0 Å². The first kappa shape index (κ1) is 22.1. The summed E-state index contributed by atoms with van der Waals surface area (Å²) in [7, 11) is 3.17. The average molecular weight is 445 g/mol. The molecule has 0 bridgehead atoms. The summed E-state index contributed by atoms with van der Waals surface area (Å²) >= 11 is 0. The Morgan fingerprint density at radius 2 is 1.55 bits per heavy atom. The average Bonchev–Trinajstić information content (AvgIpc) is 3.14. The van der Waals surface area contributed by atoms with Crippen LogP contribution in [0.4, 0.5) is 0 Å². The van der Waals surface area contributed by atoms with Crippen LogP contribution in [0.1, 0.15) is 33.1 Å². The maximum Gasteiger partial charge on any atom is 0.304 e. The standard InChI is InChI=1S/C26H25N3O4/c1-17-6-4-5-7-20(17)16-29-24(18-8-12-21(32-2)13-9-18)23(26(31)28-29)27-25(30)19-10-14-22(33-3)15-11-19/h4-16,23-24H,1-3H3,(H-,27,28,30,31)/p+1/b29-16-/t23-,24+/m0/s1. The van der Waals surface area contributed by atoms with Crippen molar-refractivity contribution >= 4 is 18.0 Å². The number of amides is 2. The summed E-state index contributed by atoms with van der Waals surface area (Å²) in [5.41, 5.74) is 6.25. The number of nitrogens with one attached hydrogen (secondary N) is 2. The fraction of sp³-hybridized carbons (Fsp3) is 0.192. The Bertz CT molecular complexity index is 1190. The molecule has 7 heteroatoms. The van der Waals surface area contributed by atoms with Gasteiger partial charge in [-0.2, -0.15) is 0 Å². The van der Waals surface area contributed by atoms with Crippen molar-refractivity contribution in [1.82, 2.24) is 10.7 Å². The van der Waals surface area contributed by atoms with E-state index >= 15 is 0 Å². The van der Waals surface area contributed by atoms with Crippen molar-refractivity contribution in [3.05, 3.63) is 95.1 Å². The number of methoxy groups -OCH3 is 2. The largest absolute Gasteiger partial charge is 0.497 e. The van der Waals surface area contributed by atoms with Crippen LogP contribution in [0, 0.1) is 6.92 Å². The number of aryl methyl sites for hydroxylation is 1. The molecule has 2 atom stereocenters.